The zero-order valence-electron chi connectivity index (χ0n) is 23.5. The Bertz CT molecular complexity index is 1800. The van der Waals surface area contributed by atoms with Crippen molar-refractivity contribution >= 4 is 61.6 Å². The third-order valence-electron chi connectivity index (χ3n) is 5.60. The van der Waals surface area contributed by atoms with Gasteiger partial charge in [-0.25, -0.2) is 16.8 Å². The van der Waals surface area contributed by atoms with Crippen molar-refractivity contribution in [3.05, 3.63) is 83.9 Å². The molecule has 0 bridgehead atoms. The van der Waals surface area contributed by atoms with Crippen LogP contribution >= 0.6 is 0 Å². The molecule has 0 spiro atoms. The number of para-hydroxylation sites is 1. The molecule has 3 N–H and O–H groups in total. The fourth-order valence-corrected chi connectivity index (χ4v) is 5.24. The number of benzene rings is 3. The first kappa shape index (κ1) is 36.8. The predicted molar refractivity (Wildman–Crippen MR) is 151 cm³/mol. The van der Waals surface area contributed by atoms with Gasteiger partial charge < -0.3 is 29.7 Å². The first-order chi connectivity index (χ1) is 19.5. The Kier molecular flexibility index (Phi) is 13.7. The zero-order valence-corrected chi connectivity index (χ0v) is 29.1. The van der Waals surface area contributed by atoms with E-state index in [1.807, 2.05) is 6.07 Å². The Hall–Kier alpha value is -2.41. The monoisotopic (exact) mass is 642 g/mol. The molecule has 3 aromatic carbocycles. The fourth-order valence-electron chi connectivity index (χ4n) is 3.76. The van der Waals surface area contributed by atoms with Gasteiger partial charge >= 0.3 is 59.1 Å². The van der Waals surface area contributed by atoms with Crippen LogP contribution in [0.3, 0.4) is 0 Å². The Morgan fingerprint density at radius 3 is 1.98 bits per heavy atom. The van der Waals surface area contributed by atoms with Crippen LogP contribution < -0.4 is 74.6 Å². The molecule has 214 valence electrons. The van der Waals surface area contributed by atoms with Gasteiger partial charge in [-0.05, 0) is 35.4 Å². The molecule has 0 saturated heterocycles. The van der Waals surface area contributed by atoms with Crippen molar-refractivity contribution in [3.63, 3.8) is 0 Å². The van der Waals surface area contributed by atoms with Gasteiger partial charge in [0.05, 0.1) is 22.1 Å². The number of likely N-dealkylation sites (N-methyl/N-ethyl adjacent to an activating group) is 1. The Labute approximate surface area is 293 Å². The van der Waals surface area contributed by atoms with E-state index >= 15 is 0 Å². The van der Waals surface area contributed by atoms with Crippen LogP contribution in [0.4, 0.5) is 29.2 Å². The van der Waals surface area contributed by atoms with Crippen LogP contribution in [0.1, 0.15) is 11.1 Å². The fraction of sp³-hybridized carbons (Fsp3) is 0.115. The van der Waals surface area contributed by atoms with E-state index < -0.39 is 30.0 Å². The molecule has 0 atom stereocenters. The van der Waals surface area contributed by atoms with Crippen molar-refractivity contribution in [2.24, 2.45) is 0 Å². The number of aliphatic hydroxyl groups excluding tert-OH is 1. The Balaban J connectivity index is 0.00000323. The van der Waals surface area contributed by atoms with Crippen LogP contribution in [-0.2, 0) is 20.2 Å². The average Bonchev–Trinajstić information content (AvgIpc) is 2.91. The molecule has 0 aliphatic heterocycles. The summed E-state index contributed by atoms with van der Waals surface area (Å²) in [4.78, 5) is 13.3. The van der Waals surface area contributed by atoms with Crippen LogP contribution in [0.25, 0.3) is 12.2 Å². The summed E-state index contributed by atoms with van der Waals surface area (Å²) in [5.41, 5.74) is 0.452. The van der Waals surface area contributed by atoms with E-state index in [-0.39, 0.29) is 107 Å². The quantitative estimate of drug-likeness (QED) is 0.0839. The van der Waals surface area contributed by atoms with Gasteiger partial charge in [0.1, 0.15) is 20.2 Å². The number of hydrogen-bond acceptors (Lipinski definition) is 13. The number of rotatable bonds is 11. The molecule has 13 nitrogen and oxygen atoms in total. The predicted octanol–water partition coefficient (Wildman–Crippen LogP) is -3.23. The third-order valence-corrected chi connectivity index (χ3v) is 7.47. The van der Waals surface area contributed by atoms with Crippen LogP contribution in [0.2, 0.25) is 0 Å². The molecule has 4 aromatic rings. The molecule has 0 amide bonds. The van der Waals surface area contributed by atoms with Crippen LogP contribution in [0.15, 0.2) is 82.6 Å². The summed E-state index contributed by atoms with van der Waals surface area (Å²) >= 11 is 0. The second kappa shape index (κ2) is 16.1. The number of aromatic nitrogens is 3. The summed E-state index contributed by atoms with van der Waals surface area (Å²) in [7, 11) is -8.26. The van der Waals surface area contributed by atoms with Gasteiger partial charge in [-0.1, -0.05) is 60.7 Å². The van der Waals surface area contributed by atoms with E-state index in [1.54, 1.807) is 36.2 Å². The van der Waals surface area contributed by atoms with E-state index in [0.29, 0.717) is 5.69 Å². The summed E-state index contributed by atoms with van der Waals surface area (Å²) in [5, 5.41) is 15.1. The molecule has 0 fully saturated rings. The third kappa shape index (κ3) is 10.1. The van der Waals surface area contributed by atoms with E-state index in [4.69, 9.17) is 0 Å². The minimum atomic E-state index is -5.09. The minimum Gasteiger partial charge on any atom is -0.744 e. The summed E-state index contributed by atoms with van der Waals surface area (Å²) in [5.74, 6) is 0.145. The van der Waals surface area contributed by atoms with Gasteiger partial charge in [0.15, 0.2) is 0 Å². The second-order valence-electron chi connectivity index (χ2n) is 8.55. The molecule has 0 saturated carbocycles. The number of nitrogens with zero attached hydrogens (tertiary/aromatic N) is 4. The maximum absolute atomic E-state index is 12.4. The number of aliphatic hydroxyl groups is 1. The van der Waals surface area contributed by atoms with Crippen molar-refractivity contribution in [1.82, 2.24) is 15.0 Å². The second-order valence-corrected chi connectivity index (χ2v) is 11.2. The molecule has 0 unspecified atom stereocenters. The molecular weight excluding hydrogens is 618 g/mol. The molecule has 0 radical (unpaired) electrons. The van der Waals surface area contributed by atoms with Gasteiger partial charge in [0.25, 0.3) is 0 Å². The average molecular weight is 643 g/mol. The SMILES string of the molecule is CN(CCO)c1nc(Nc2ccccc2)nc(Nc2cccc(C=Cc3ccccc3S(=O)(=O)[O-])c2S(=O)(=O)[O-])n1.[Na+].[Na+]. The van der Waals surface area contributed by atoms with Gasteiger partial charge in [-0.15, -0.1) is 0 Å². The minimum absolute atomic E-state index is 0. The summed E-state index contributed by atoms with van der Waals surface area (Å²) in [6.07, 6.45) is 2.45. The van der Waals surface area contributed by atoms with Crippen molar-refractivity contribution < 1.29 is 90.2 Å². The van der Waals surface area contributed by atoms with Crippen molar-refractivity contribution in [2.45, 2.75) is 9.79 Å². The zero-order chi connectivity index (χ0) is 29.6. The number of nitrogens with one attached hydrogen (secondary N) is 2. The van der Waals surface area contributed by atoms with Gasteiger partial charge in [-0.2, -0.15) is 15.0 Å². The van der Waals surface area contributed by atoms with E-state index in [1.165, 1.54) is 48.6 Å². The van der Waals surface area contributed by atoms with Crippen LogP contribution in [0.5, 0.6) is 0 Å². The largest absolute Gasteiger partial charge is 1.00 e. The van der Waals surface area contributed by atoms with Gasteiger partial charge in [-0.3, -0.25) is 0 Å². The molecule has 17 heteroatoms. The summed E-state index contributed by atoms with van der Waals surface area (Å²) < 4.78 is 72.0. The van der Waals surface area contributed by atoms with Crippen LogP contribution in [0, 0.1) is 0 Å². The first-order valence-electron chi connectivity index (χ1n) is 11.9. The molecule has 0 aliphatic rings. The summed E-state index contributed by atoms with van der Waals surface area (Å²) in [6, 6.07) is 18.5. The normalized spacial score (nSPS) is 11.3. The molecular formula is C26H24N6Na2O7S2. The smallest absolute Gasteiger partial charge is 0.744 e. The van der Waals surface area contributed by atoms with Gasteiger partial charge in [0, 0.05) is 19.3 Å². The van der Waals surface area contributed by atoms with E-state index in [2.05, 4.69) is 25.6 Å². The Morgan fingerprint density at radius 1 is 0.767 bits per heavy atom. The number of hydrogen-bond donors (Lipinski definition) is 3. The van der Waals surface area contributed by atoms with E-state index in [0.717, 1.165) is 6.07 Å². The maximum atomic E-state index is 12.4. The van der Waals surface area contributed by atoms with E-state index in [9.17, 15) is 31.0 Å². The van der Waals surface area contributed by atoms with Crippen molar-refractivity contribution in [1.29, 1.82) is 0 Å². The van der Waals surface area contributed by atoms with Crippen LogP contribution in [-0.4, -0.2) is 66.2 Å². The molecule has 4 rings (SSSR count). The first-order valence-corrected chi connectivity index (χ1v) is 14.8. The van der Waals surface area contributed by atoms with Gasteiger partial charge in [0.2, 0.25) is 17.8 Å². The maximum Gasteiger partial charge on any atom is 1.00 e. The molecule has 0 aliphatic carbocycles. The standard InChI is InChI=1S/C26H26N6O7S2.2Na/c1-32(16-17-33)26-30-24(27-20-10-3-2-4-11-20)29-25(31-26)28-21-12-7-9-19(23(21)41(37,38)39)15-14-18-8-5-6-13-22(18)40(34,35)36;;/h2-15,33H,16-17H2,1H3,(H,34,35,36)(H,37,38,39)(H2,27,28,29,30,31);;/q;2*+1/p-2. The topological polar surface area (TPSA) is 201 Å². The molecule has 1 aromatic heterocycles. The number of anilines is 5. The van der Waals surface area contributed by atoms with Crippen molar-refractivity contribution in [2.75, 3.05) is 35.7 Å². The molecule has 43 heavy (non-hydrogen) atoms. The Morgan fingerprint density at radius 2 is 1.35 bits per heavy atom. The van der Waals surface area contributed by atoms with Crippen molar-refractivity contribution in [3.8, 4) is 0 Å². The molecule has 1 heterocycles. The summed E-state index contributed by atoms with van der Waals surface area (Å²) in [6.45, 7) is 0.00533.